The van der Waals surface area contributed by atoms with E-state index in [2.05, 4.69) is 5.32 Å². The molecule has 0 unspecified atom stereocenters. The van der Waals surface area contributed by atoms with Gasteiger partial charge in [0.25, 0.3) is 5.91 Å². The molecule has 0 saturated carbocycles. The van der Waals surface area contributed by atoms with Gasteiger partial charge in [0.15, 0.2) is 15.6 Å². The van der Waals surface area contributed by atoms with Gasteiger partial charge in [0.1, 0.15) is 5.76 Å². The second-order valence-corrected chi connectivity index (χ2v) is 7.44. The molecule has 2 N–H and O–H groups in total. The first-order chi connectivity index (χ1) is 8.91. The molecule has 1 aromatic rings. The summed E-state index contributed by atoms with van der Waals surface area (Å²) in [5, 5.41) is 12.1. The van der Waals surface area contributed by atoms with Gasteiger partial charge in [-0.3, -0.25) is 4.79 Å². The quantitative estimate of drug-likeness (QED) is 0.814. The van der Waals surface area contributed by atoms with Crippen LogP contribution in [0.25, 0.3) is 0 Å². The summed E-state index contributed by atoms with van der Waals surface area (Å²) in [6, 6.07) is 2.47. The number of aliphatic hydroxyl groups excluding tert-OH is 1. The Balaban J connectivity index is 2.01. The summed E-state index contributed by atoms with van der Waals surface area (Å²) in [5.41, 5.74) is 0. The van der Waals surface area contributed by atoms with E-state index in [1.807, 2.05) is 6.26 Å². The van der Waals surface area contributed by atoms with Crippen LogP contribution in [0.3, 0.4) is 0 Å². The largest absolute Gasteiger partial charge is 0.455 e. The number of hydrogen-bond acceptors (Lipinski definition) is 6. The number of hydrogen-bond donors (Lipinski definition) is 2. The first-order valence-corrected chi connectivity index (χ1v) is 8.90. The molecule has 106 valence electrons. The molecule has 2 heterocycles. The van der Waals surface area contributed by atoms with Crippen LogP contribution >= 0.6 is 11.8 Å². The highest BCUT2D eigenvalue weighted by Gasteiger charge is 2.37. The van der Waals surface area contributed by atoms with E-state index in [1.54, 1.807) is 17.8 Å². The van der Waals surface area contributed by atoms with Crippen LogP contribution in [0.1, 0.15) is 16.3 Å². The Morgan fingerprint density at radius 3 is 2.84 bits per heavy atom. The molecule has 1 aromatic heterocycles. The summed E-state index contributed by atoms with van der Waals surface area (Å²) in [6.45, 7) is 0. The molecule has 1 aliphatic heterocycles. The zero-order valence-electron chi connectivity index (χ0n) is 10.3. The standard InChI is InChI=1S/C11H15NO5S2/c1-18-4-7-2-3-10(17-7)11(14)12-8-5-19(15,16)6-9(8)13/h2-3,8-9,13H,4-6H2,1H3,(H,12,14)/t8-,9-/m1/s1. The van der Waals surface area contributed by atoms with Gasteiger partial charge in [0.2, 0.25) is 0 Å². The normalized spacial score (nSPS) is 25.4. The highest BCUT2D eigenvalue weighted by Crippen LogP contribution is 2.16. The van der Waals surface area contributed by atoms with Crippen LogP contribution in [-0.2, 0) is 15.6 Å². The average Bonchev–Trinajstić information content (AvgIpc) is 2.85. The van der Waals surface area contributed by atoms with Crippen molar-refractivity contribution >= 4 is 27.5 Å². The topological polar surface area (TPSA) is 96.6 Å². The molecule has 6 nitrogen and oxygen atoms in total. The van der Waals surface area contributed by atoms with E-state index in [4.69, 9.17) is 4.42 Å². The minimum atomic E-state index is -3.27. The number of nitrogens with one attached hydrogen (secondary N) is 1. The van der Waals surface area contributed by atoms with Gasteiger partial charge in [-0.2, -0.15) is 11.8 Å². The van der Waals surface area contributed by atoms with Gasteiger partial charge in [0.05, 0.1) is 29.4 Å². The number of sulfone groups is 1. The zero-order valence-corrected chi connectivity index (χ0v) is 12.0. The molecule has 0 radical (unpaired) electrons. The summed E-state index contributed by atoms with van der Waals surface area (Å²) in [4.78, 5) is 11.9. The number of aliphatic hydroxyl groups is 1. The average molecular weight is 305 g/mol. The summed E-state index contributed by atoms with van der Waals surface area (Å²) < 4.78 is 28.0. The predicted octanol–water partition coefficient (Wildman–Crippen LogP) is 0.0303. The van der Waals surface area contributed by atoms with Crippen LogP contribution in [0.2, 0.25) is 0 Å². The molecule has 19 heavy (non-hydrogen) atoms. The number of furan rings is 1. The van der Waals surface area contributed by atoms with Crippen LogP contribution in [0.15, 0.2) is 16.5 Å². The van der Waals surface area contributed by atoms with Gasteiger partial charge >= 0.3 is 0 Å². The smallest absolute Gasteiger partial charge is 0.287 e. The van der Waals surface area contributed by atoms with Crippen LogP contribution < -0.4 is 5.32 Å². The minimum Gasteiger partial charge on any atom is -0.455 e. The van der Waals surface area contributed by atoms with Crippen LogP contribution in [0.4, 0.5) is 0 Å². The Morgan fingerprint density at radius 2 is 2.26 bits per heavy atom. The molecule has 0 aliphatic carbocycles. The zero-order chi connectivity index (χ0) is 14.0. The maximum absolute atomic E-state index is 11.9. The SMILES string of the molecule is CSCc1ccc(C(=O)N[C@@H]2CS(=O)(=O)C[C@H]2O)o1. The van der Waals surface area contributed by atoms with E-state index in [0.29, 0.717) is 11.5 Å². The van der Waals surface area contributed by atoms with Crippen molar-refractivity contribution in [3.05, 3.63) is 23.7 Å². The fraction of sp³-hybridized carbons (Fsp3) is 0.545. The van der Waals surface area contributed by atoms with E-state index < -0.39 is 27.9 Å². The second kappa shape index (κ2) is 5.56. The van der Waals surface area contributed by atoms with Gasteiger partial charge < -0.3 is 14.8 Å². The van der Waals surface area contributed by atoms with Gasteiger partial charge in [-0.05, 0) is 18.4 Å². The number of amides is 1. The first kappa shape index (κ1) is 14.4. The van der Waals surface area contributed by atoms with Gasteiger partial charge in [-0.25, -0.2) is 8.42 Å². The Labute approximate surface area is 115 Å². The van der Waals surface area contributed by atoms with Crippen molar-refractivity contribution < 1.29 is 22.7 Å². The Bertz CT molecular complexity index is 565. The monoisotopic (exact) mass is 305 g/mol. The summed E-state index contributed by atoms with van der Waals surface area (Å²) in [6.07, 6.45) is 0.858. The summed E-state index contributed by atoms with van der Waals surface area (Å²) in [7, 11) is -3.27. The molecule has 0 spiro atoms. The van der Waals surface area contributed by atoms with Gasteiger partial charge in [-0.15, -0.1) is 0 Å². The van der Waals surface area contributed by atoms with E-state index in [0.717, 1.165) is 0 Å². The van der Waals surface area contributed by atoms with E-state index in [1.165, 1.54) is 6.07 Å². The van der Waals surface area contributed by atoms with Crippen LogP contribution in [0, 0.1) is 0 Å². The first-order valence-electron chi connectivity index (χ1n) is 5.68. The fourth-order valence-corrected chi connectivity index (χ4v) is 4.11. The molecule has 2 atom stereocenters. The molecule has 1 saturated heterocycles. The van der Waals surface area contributed by atoms with Crippen molar-refractivity contribution in [1.82, 2.24) is 5.32 Å². The lowest BCUT2D eigenvalue weighted by molar-refractivity contribution is 0.0860. The van der Waals surface area contributed by atoms with E-state index >= 15 is 0 Å². The van der Waals surface area contributed by atoms with Crippen molar-refractivity contribution in [2.75, 3.05) is 17.8 Å². The molecule has 2 rings (SSSR count). The van der Waals surface area contributed by atoms with E-state index in [9.17, 15) is 18.3 Å². The molecule has 0 bridgehead atoms. The van der Waals surface area contributed by atoms with Crippen molar-refractivity contribution in [2.24, 2.45) is 0 Å². The summed E-state index contributed by atoms with van der Waals surface area (Å²) in [5.74, 6) is 0.408. The highest BCUT2D eigenvalue weighted by molar-refractivity contribution is 7.97. The van der Waals surface area contributed by atoms with Crippen LogP contribution in [0.5, 0.6) is 0 Å². The molecular weight excluding hydrogens is 290 g/mol. The molecule has 8 heteroatoms. The molecular formula is C11H15NO5S2. The second-order valence-electron chi connectivity index (χ2n) is 4.42. The fourth-order valence-electron chi connectivity index (χ4n) is 1.93. The van der Waals surface area contributed by atoms with E-state index in [-0.39, 0.29) is 17.3 Å². The third-order valence-corrected chi connectivity index (χ3v) is 5.10. The lowest BCUT2D eigenvalue weighted by atomic mass is 10.2. The van der Waals surface area contributed by atoms with Crippen molar-refractivity contribution in [3.8, 4) is 0 Å². The highest BCUT2D eigenvalue weighted by atomic mass is 32.2. The Hall–Kier alpha value is -0.990. The predicted molar refractivity (Wildman–Crippen MR) is 71.8 cm³/mol. The lowest BCUT2D eigenvalue weighted by Gasteiger charge is -2.13. The number of carbonyl (C=O) groups excluding carboxylic acids is 1. The number of rotatable bonds is 4. The van der Waals surface area contributed by atoms with Crippen molar-refractivity contribution in [3.63, 3.8) is 0 Å². The molecule has 1 aliphatic rings. The summed E-state index contributed by atoms with van der Waals surface area (Å²) >= 11 is 1.57. The molecule has 1 fully saturated rings. The lowest BCUT2D eigenvalue weighted by Crippen LogP contribution is -2.42. The number of carbonyl (C=O) groups is 1. The maximum atomic E-state index is 11.9. The third-order valence-electron chi connectivity index (χ3n) is 2.81. The van der Waals surface area contributed by atoms with Crippen molar-refractivity contribution in [2.45, 2.75) is 17.9 Å². The Morgan fingerprint density at radius 1 is 1.53 bits per heavy atom. The van der Waals surface area contributed by atoms with Crippen molar-refractivity contribution in [1.29, 1.82) is 0 Å². The molecule has 0 aromatic carbocycles. The third kappa shape index (κ3) is 3.52. The minimum absolute atomic E-state index is 0.126. The molecule has 1 amide bonds. The Kier molecular flexibility index (Phi) is 4.22. The maximum Gasteiger partial charge on any atom is 0.287 e. The van der Waals surface area contributed by atoms with Crippen LogP contribution in [-0.4, -0.2) is 49.3 Å². The van der Waals surface area contributed by atoms with Gasteiger partial charge in [0, 0.05) is 0 Å². The number of thioether (sulfide) groups is 1. The van der Waals surface area contributed by atoms with Gasteiger partial charge in [-0.1, -0.05) is 0 Å².